The standard InChI is InChI=1S/C28H46O/c1-18(2)15-19(3)16-20(4)24-9-10-25-23-8-7-21-17-22(29)11-13-27(21,5)26(23)12-14-28(24,25)6/h7,18,20,22-26,29H,3,8-17H2,1-2,4-6H3/t20-,22+,23+,24-,25+,26+,27+,28-/m1/s1. The molecule has 0 radical (unpaired) electrons. The maximum absolute atomic E-state index is 10.2. The van der Waals surface area contributed by atoms with E-state index in [-0.39, 0.29) is 6.10 Å². The van der Waals surface area contributed by atoms with E-state index in [1.165, 1.54) is 56.9 Å². The largest absolute Gasteiger partial charge is 0.393 e. The highest BCUT2D eigenvalue weighted by Crippen LogP contribution is 2.67. The summed E-state index contributed by atoms with van der Waals surface area (Å²) in [4.78, 5) is 0. The predicted octanol–water partition coefficient (Wildman–Crippen LogP) is 7.55. The lowest BCUT2D eigenvalue weighted by Crippen LogP contribution is -2.50. The van der Waals surface area contributed by atoms with Gasteiger partial charge in [0.05, 0.1) is 6.10 Å². The summed E-state index contributed by atoms with van der Waals surface area (Å²) in [5.41, 5.74) is 3.99. The van der Waals surface area contributed by atoms with Gasteiger partial charge < -0.3 is 5.11 Å². The fraction of sp³-hybridized carbons (Fsp3) is 0.857. The molecule has 3 saturated carbocycles. The Kier molecular flexibility index (Phi) is 5.86. The number of fused-ring (bicyclic) bond motifs is 5. The van der Waals surface area contributed by atoms with Crippen molar-refractivity contribution < 1.29 is 5.11 Å². The molecule has 29 heavy (non-hydrogen) atoms. The van der Waals surface area contributed by atoms with Crippen LogP contribution in [0.2, 0.25) is 0 Å². The van der Waals surface area contributed by atoms with Crippen molar-refractivity contribution in [1.82, 2.24) is 0 Å². The van der Waals surface area contributed by atoms with Crippen LogP contribution in [0.5, 0.6) is 0 Å². The molecule has 4 aliphatic carbocycles. The SMILES string of the molecule is C=C(CC(C)C)C[C@@H](C)[C@H]1CC[C@H]2[C@@H]3CC=C4C[C@@H](O)CC[C@]4(C)[C@H]3CC[C@]12C. The zero-order chi connectivity index (χ0) is 21.0. The molecule has 0 spiro atoms. The van der Waals surface area contributed by atoms with Crippen LogP contribution in [0.3, 0.4) is 0 Å². The number of aliphatic hydroxyl groups is 1. The molecule has 1 heteroatoms. The minimum absolute atomic E-state index is 0.0876. The van der Waals surface area contributed by atoms with Crippen LogP contribution in [-0.2, 0) is 0 Å². The summed E-state index contributed by atoms with van der Waals surface area (Å²) in [7, 11) is 0. The van der Waals surface area contributed by atoms with E-state index in [1.807, 2.05) is 0 Å². The molecule has 1 N–H and O–H groups in total. The molecule has 0 aliphatic heterocycles. The summed E-state index contributed by atoms with van der Waals surface area (Å²) < 4.78 is 0. The maximum atomic E-state index is 10.2. The fourth-order valence-electron chi connectivity index (χ4n) is 8.88. The first-order chi connectivity index (χ1) is 13.6. The fourth-order valence-corrected chi connectivity index (χ4v) is 8.88. The van der Waals surface area contributed by atoms with E-state index >= 15 is 0 Å². The molecule has 0 amide bonds. The lowest BCUT2D eigenvalue weighted by Gasteiger charge is -2.58. The Morgan fingerprint density at radius 2 is 1.83 bits per heavy atom. The molecule has 0 aromatic rings. The molecule has 0 bridgehead atoms. The Bertz CT molecular complexity index is 659. The molecule has 4 rings (SSSR count). The van der Waals surface area contributed by atoms with E-state index in [9.17, 15) is 5.11 Å². The van der Waals surface area contributed by atoms with Gasteiger partial charge in [-0.1, -0.05) is 58.4 Å². The second kappa shape index (κ2) is 7.85. The highest BCUT2D eigenvalue weighted by Gasteiger charge is 2.59. The van der Waals surface area contributed by atoms with Gasteiger partial charge in [-0.15, -0.1) is 0 Å². The topological polar surface area (TPSA) is 20.2 Å². The van der Waals surface area contributed by atoms with Gasteiger partial charge in [0, 0.05) is 0 Å². The highest BCUT2D eigenvalue weighted by atomic mass is 16.3. The average Bonchev–Trinajstić information content (AvgIpc) is 2.99. The van der Waals surface area contributed by atoms with E-state index in [1.54, 1.807) is 5.57 Å². The zero-order valence-electron chi connectivity index (χ0n) is 19.8. The maximum Gasteiger partial charge on any atom is 0.0577 e. The van der Waals surface area contributed by atoms with Crippen LogP contribution in [0, 0.1) is 46.3 Å². The normalized spacial score (nSPS) is 45.2. The van der Waals surface area contributed by atoms with Crippen LogP contribution >= 0.6 is 0 Å². The van der Waals surface area contributed by atoms with Crippen LogP contribution < -0.4 is 0 Å². The Balaban J connectivity index is 1.51. The van der Waals surface area contributed by atoms with Gasteiger partial charge in [0.1, 0.15) is 0 Å². The molecular weight excluding hydrogens is 352 g/mol. The summed E-state index contributed by atoms with van der Waals surface area (Å²) in [5.74, 6) is 5.04. The van der Waals surface area contributed by atoms with Crippen LogP contribution in [0.4, 0.5) is 0 Å². The summed E-state index contributed by atoms with van der Waals surface area (Å²) in [5, 5.41) is 10.2. The third kappa shape index (κ3) is 3.68. The molecule has 8 atom stereocenters. The Hall–Kier alpha value is -0.560. The summed E-state index contributed by atoms with van der Waals surface area (Å²) in [6, 6.07) is 0. The van der Waals surface area contributed by atoms with Crippen LogP contribution in [0.25, 0.3) is 0 Å². The molecule has 0 unspecified atom stereocenters. The monoisotopic (exact) mass is 398 g/mol. The Morgan fingerprint density at radius 1 is 1.07 bits per heavy atom. The number of aliphatic hydroxyl groups excluding tert-OH is 1. The molecule has 1 nitrogen and oxygen atoms in total. The zero-order valence-corrected chi connectivity index (χ0v) is 19.8. The van der Waals surface area contributed by atoms with Crippen molar-refractivity contribution >= 4 is 0 Å². The molecule has 0 heterocycles. The van der Waals surface area contributed by atoms with Gasteiger partial charge in [-0.05, 0) is 111 Å². The van der Waals surface area contributed by atoms with E-state index in [4.69, 9.17) is 0 Å². The van der Waals surface area contributed by atoms with Gasteiger partial charge in [-0.25, -0.2) is 0 Å². The van der Waals surface area contributed by atoms with Gasteiger partial charge in [-0.3, -0.25) is 0 Å². The van der Waals surface area contributed by atoms with Crippen molar-refractivity contribution in [1.29, 1.82) is 0 Å². The quantitative estimate of drug-likeness (QED) is 0.474. The third-order valence-electron chi connectivity index (χ3n) is 10.1. The summed E-state index contributed by atoms with van der Waals surface area (Å²) >= 11 is 0. The lowest BCUT2D eigenvalue weighted by molar-refractivity contribution is -0.0566. The van der Waals surface area contributed by atoms with Crippen molar-refractivity contribution in [3.8, 4) is 0 Å². The molecule has 0 aromatic heterocycles. The van der Waals surface area contributed by atoms with Crippen molar-refractivity contribution in [3.05, 3.63) is 23.8 Å². The molecular formula is C28H46O. The third-order valence-corrected chi connectivity index (χ3v) is 10.1. The van der Waals surface area contributed by atoms with Gasteiger partial charge in [0.15, 0.2) is 0 Å². The Morgan fingerprint density at radius 3 is 2.55 bits per heavy atom. The second-order valence-electron chi connectivity index (χ2n) is 12.4. The predicted molar refractivity (Wildman–Crippen MR) is 124 cm³/mol. The first-order valence-corrected chi connectivity index (χ1v) is 12.7. The lowest BCUT2D eigenvalue weighted by atomic mass is 9.47. The van der Waals surface area contributed by atoms with Crippen LogP contribution in [-0.4, -0.2) is 11.2 Å². The highest BCUT2D eigenvalue weighted by molar-refractivity contribution is 5.25. The second-order valence-corrected chi connectivity index (χ2v) is 12.4. The van der Waals surface area contributed by atoms with Crippen LogP contribution in [0.15, 0.2) is 23.8 Å². The van der Waals surface area contributed by atoms with Crippen molar-refractivity contribution in [2.24, 2.45) is 46.3 Å². The van der Waals surface area contributed by atoms with Gasteiger partial charge >= 0.3 is 0 Å². The van der Waals surface area contributed by atoms with Crippen molar-refractivity contribution in [3.63, 3.8) is 0 Å². The molecule has 3 fully saturated rings. The first-order valence-electron chi connectivity index (χ1n) is 12.7. The minimum atomic E-state index is -0.0876. The smallest absolute Gasteiger partial charge is 0.0577 e. The first kappa shape index (κ1) is 21.7. The van der Waals surface area contributed by atoms with Gasteiger partial charge in [-0.2, -0.15) is 0 Å². The number of allylic oxidation sites excluding steroid dienone is 2. The van der Waals surface area contributed by atoms with E-state index in [0.29, 0.717) is 10.8 Å². The van der Waals surface area contributed by atoms with E-state index < -0.39 is 0 Å². The average molecular weight is 399 g/mol. The van der Waals surface area contributed by atoms with Gasteiger partial charge in [0.2, 0.25) is 0 Å². The summed E-state index contributed by atoms with van der Waals surface area (Å²) in [6.07, 6.45) is 15.1. The van der Waals surface area contributed by atoms with Crippen molar-refractivity contribution in [2.75, 3.05) is 0 Å². The number of rotatable bonds is 5. The minimum Gasteiger partial charge on any atom is -0.393 e. The van der Waals surface area contributed by atoms with E-state index in [0.717, 1.165) is 48.3 Å². The number of hydrogen-bond donors (Lipinski definition) is 1. The van der Waals surface area contributed by atoms with Crippen molar-refractivity contribution in [2.45, 2.75) is 105 Å². The number of hydrogen-bond acceptors (Lipinski definition) is 1. The molecule has 0 aromatic carbocycles. The summed E-state index contributed by atoms with van der Waals surface area (Å²) in [6.45, 7) is 16.8. The molecule has 4 aliphatic rings. The van der Waals surface area contributed by atoms with Crippen LogP contribution in [0.1, 0.15) is 98.8 Å². The molecule has 164 valence electrons. The molecule has 0 saturated heterocycles. The van der Waals surface area contributed by atoms with Gasteiger partial charge in [0.25, 0.3) is 0 Å². The van der Waals surface area contributed by atoms with E-state index in [2.05, 4.69) is 47.3 Å². The Labute approximate surface area is 180 Å².